The monoisotopic (exact) mass is 182 g/mol. The number of anilines is 1. The van der Waals surface area contributed by atoms with Crippen molar-refractivity contribution in [3.05, 3.63) is 29.3 Å². The average Bonchev–Trinajstić information content (AvgIpc) is 2.09. The summed E-state index contributed by atoms with van der Waals surface area (Å²) in [6.07, 6.45) is 1.60. The van der Waals surface area contributed by atoms with Gasteiger partial charge in [-0.2, -0.15) is 0 Å². The molecule has 0 N–H and O–H groups in total. The third kappa shape index (κ3) is 1.28. The molecule has 0 atom stereocenters. The second-order valence-corrected chi connectivity index (χ2v) is 2.96. The normalized spacial score (nSPS) is 14.5. The molecule has 0 aliphatic carbocycles. The van der Waals surface area contributed by atoms with E-state index >= 15 is 0 Å². The van der Waals surface area contributed by atoms with Crippen LogP contribution in [0.3, 0.4) is 0 Å². The fourth-order valence-electron chi connectivity index (χ4n) is 1.36. The molecule has 2 rings (SSSR count). The smallest absolute Gasteiger partial charge is 0.160 e. The predicted molar refractivity (Wildman–Crippen MR) is 47.0 cm³/mol. The van der Waals surface area contributed by atoms with Crippen LogP contribution in [-0.4, -0.2) is 13.4 Å². The van der Waals surface area contributed by atoms with Gasteiger partial charge in [-0.1, -0.05) is 0 Å². The largest absolute Gasteiger partial charge is 0.335 e. The van der Waals surface area contributed by atoms with Gasteiger partial charge in [0.05, 0.1) is 12.9 Å². The van der Waals surface area contributed by atoms with Crippen molar-refractivity contribution in [2.24, 2.45) is 4.99 Å². The van der Waals surface area contributed by atoms with Gasteiger partial charge >= 0.3 is 0 Å². The van der Waals surface area contributed by atoms with Gasteiger partial charge in [-0.05, 0) is 6.07 Å². The zero-order chi connectivity index (χ0) is 9.42. The maximum Gasteiger partial charge on any atom is 0.160 e. The molecule has 1 aromatic carbocycles. The van der Waals surface area contributed by atoms with Crippen molar-refractivity contribution >= 4 is 12.0 Å². The molecule has 0 unspecified atom stereocenters. The summed E-state index contributed by atoms with van der Waals surface area (Å²) in [7, 11) is 1.75. The van der Waals surface area contributed by atoms with Gasteiger partial charge in [0, 0.05) is 24.4 Å². The molecular formula is C9H8F2N2. The summed E-state index contributed by atoms with van der Waals surface area (Å²) >= 11 is 0. The van der Waals surface area contributed by atoms with Crippen LogP contribution < -0.4 is 4.90 Å². The van der Waals surface area contributed by atoms with Crippen molar-refractivity contribution < 1.29 is 8.78 Å². The van der Waals surface area contributed by atoms with Crippen molar-refractivity contribution in [1.82, 2.24) is 0 Å². The maximum absolute atomic E-state index is 12.8. The van der Waals surface area contributed by atoms with E-state index in [1.54, 1.807) is 18.3 Å². The van der Waals surface area contributed by atoms with Crippen LogP contribution in [-0.2, 0) is 6.54 Å². The first-order valence-electron chi connectivity index (χ1n) is 3.89. The number of halogens is 2. The molecule has 1 aliphatic rings. The fourth-order valence-corrected chi connectivity index (χ4v) is 1.36. The second kappa shape index (κ2) is 2.80. The van der Waals surface area contributed by atoms with Gasteiger partial charge in [0.15, 0.2) is 11.6 Å². The van der Waals surface area contributed by atoms with E-state index in [0.717, 1.165) is 0 Å². The Morgan fingerprint density at radius 3 is 2.77 bits per heavy atom. The number of rotatable bonds is 0. The first-order valence-corrected chi connectivity index (χ1v) is 3.89. The summed E-state index contributed by atoms with van der Waals surface area (Å²) in [4.78, 5) is 5.65. The van der Waals surface area contributed by atoms with Gasteiger partial charge in [0.25, 0.3) is 0 Å². The molecule has 68 valence electrons. The van der Waals surface area contributed by atoms with Gasteiger partial charge < -0.3 is 4.90 Å². The van der Waals surface area contributed by atoms with E-state index in [0.29, 0.717) is 17.8 Å². The van der Waals surface area contributed by atoms with Crippen molar-refractivity contribution in [1.29, 1.82) is 0 Å². The van der Waals surface area contributed by atoms with E-state index in [1.807, 2.05) is 0 Å². The van der Waals surface area contributed by atoms with Crippen LogP contribution in [0.15, 0.2) is 17.1 Å². The van der Waals surface area contributed by atoms with Crippen LogP contribution in [0.1, 0.15) is 5.56 Å². The maximum atomic E-state index is 12.8. The minimum Gasteiger partial charge on any atom is -0.335 e. The molecule has 1 aliphatic heterocycles. The molecule has 1 aromatic rings. The Morgan fingerprint density at radius 1 is 1.31 bits per heavy atom. The molecule has 0 radical (unpaired) electrons. The third-order valence-electron chi connectivity index (χ3n) is 2.02. The quantitative estimate of drug-likeness (QED) is 0.598. The Bertz CT molecular complexity index is 374. The van der Waals surface area contributed by atoms with Crippen LogP contribution in [0, 0.1) is 11.6 Å². The molecule has 1 heterocycles. The highest BCUT2D eigenvalue weighted by Gasteiger charge is 2.14. The lowest BCUT2D eigenvalue weighted by molar-refractivity contribution is 0.507. The second-order valence-electron chi connectivity index (χ2n) is 2.96. The van der Waals surface area contributed by atoms with Crippen molar-refractivity contribution in [3.63, 3.8) is 0 Å². The van der Waals surface area contributed by atoms with Crippen LogP contribution in [0.4, 0.5) is 14.5 Å². The lowest BCUT2D eigenvalue weighted by Crippen LogP contribution is -2.20. The molecule has 0 aromatic heterocycles. The Balaban J connectivity index is 2.56. The van der Waals surface area contributed by atoms with E-state index in [-0.39, 0.29) is 0 Å². The summed E-state index contributed by atoms with van der Waals surface area (Å²) in [5.41, 5.74) is 1.39. The van der Waals surface area contributed by atoms with Crippen molar-refractivity contribution in [3.8, 4) is 0 Å². The number of nitrogens with zero attached hydrogens (tertiary/aromatic N) is 2. The molecule has 0 saturated carbocycles. The van der Waals surface area contributed by atoms with E-state index in [9.17, 15) is 8.78 Å². The lowest BCUT2D eigenvalue weighted by Gasteiger charge is -2.21. The van der Waals surface area contributed by atoms with Crippen LogP contribution in [0.2, 0.25) is 0 Å². The fraction of sp³-hybridized carbons (Fsp3) is 0.222. The Morgan fingerprint density at radius 2 is 2.00 bits per heavy atom. The van der Waals surface area contributed by atoms with Crippen LogP contribution in [0.25, 0.3) is 0 Å². The SMILES string of the molecule is CN1C=NCc2cc(F)c(F)cc21. The highest BCUT2D eigenvalue weighted by atomic mass is 19.2. The lowest BCUT2D eigenvalue weighted by atomic mass is 10.1. The average molecular weight is 182 g/mol. The summed E-state index contributed by atoms with van der Waals surface area (Å²) in [5, 5.41) is 0. The predicted octanol–water partition coefficient (Wildman–Crippen LogP) is 1.94. The van der Waals surface area contributed by atoms with E-state index in [4.69, 9.17) is 0 Å². The number of hydrogen-bond donors (Lipinski definition) is 0. The minimum atomic E-state index is -0.819. The zero-order valence-corrected chi connectivity index (χ0v) is 7.09. The highest BCUT2D eigenvalue weighted by Crippen LogP contribution is 2.25. The molecule has 0 spiro atoms. The van der Waals surface area contributed by atoms with Gasteiger partial charge in [0.1, 0.15) is 0 Å². The summed E-state index contributed by atoms with van der Waals surface area (Å²) in [5.74, 6) is -1.63. The third-order valence-corrected chi connectivity index (χ3v) is 2.02. The Labute approximate surface area is 74.5 Å². The standard InChI is InChI=1S/C9H8F2N2/c1-13-5-12-4-6-2-7(10)8(11)3-9(6)13/h2-3,5H,4H2,1H3. The van der Waals surface area contributed by atoms with Gasteiger partial charge in [-0.3, -0.25) is 4.99 Å². The van der Waals surface area contributed by atoms with Gasteiger partial charge in [-0.15, -0.1) is 0 Å². The van der Waals surface area contributed by atoms with E-state index in [1.165, 1.54) is 12.1 Å². The molecule has 0 amide bonds. The van der Waals surface area contributed by atoms with E-state index in [2.05, 4.69) is 4.99 Å². The summed E-state index contributed by atoms with van der Waals surface area (Å²) < 4.78 is 25.6. The molecule has 0 saturated heterocycles. The first-order chi connectivity index (χ1) is 6.18. The molecular weight excluding hydrogens is 174 g/mol. The van der Waals surface area contributed by atoms with Gasteiger partial charge in [-0.25, -0.2) is 8.78 Å². The Kier molecular flexibility index (Phi) is 1.76. The first kappa shape index (κ1) is 8.16. The van der Waals surface area contributed by atoms with Gasteiger partial charge in [0.2, 0.25) is 0 Å². The highest BCUT2D eigenvalue weighted by molar-refractivity contribution is 5.82. The number of benzene rings is 1. The molecule has 0 fully saturated rings. The van der Waals surface area contributed by atoms with E-state index < -0.39 is 11.6 Å². The summed E-state index contributed by atoms with van der Waals surface area (Å²) in [6.45, 7) is 0.414. The zero-order valence-electron chi connectivity index (χ0n) is 7.09. The molecule has 13 heavy (non-hydrogen) atoms. The number of hydrogen-bond acceptors (Lipinski definition) is 2. The number of fused-ring (bicyclic) bond motifs is 1. The number of aliphatic imine (C=N–C) groups is 1. The molecule has 4 heteroatoms. The topological polar surface area (TPSA) is 15.6 Å². The molecule has 0 bridgehead atoms. The van der Waals surface area contributed by atoms with Crippen molar-refractivity contribution in [2.45, 2.75) is 6.54 Å². The van der Waals surface area contributed by atoms with Crippen LogP contribution >= 0.6 is 0 Å². The summed E-state index contributed by atoms with van der Waals surface area (Å²) in [6, 6.07) is 2.38. The Hall–Kier alpha value is -1.45. The van der Waals surface area contributed by atoms with Crippen molar-refractivity contribution in [2.75, 3.05) is 11.9 Å². The minimum absolute atomic E-state index is 0.414. The van der Waals surface area contributed by atoms with Crippen LogP contribution in [0.5, 0.6) is 0 Å². The molecule has 2 nitrogen and oxygen atoms in total.